The average Bonchev–Trinajstić information content (AvgIpc) is 2.68. The SMILES string of the molecule is CCCCOc1ccc(NC(=O)NCc2ccc(C(=O)OC)cc2)cc1. The Morgan fingerprint density at radius 1 is 1.00 bits per heavy atom. The third-order valence-corrected chi connectivity index (χ3v) is 3.71. The van der Waals surface area contributed by atoms with Crippen molar-refractivity contribution in [3.8, 4) is 5.75 Å². The van der Waals surface area contributed by atoms with Gasteiger partial charge in [-0.2, -0.15) is 0 Å². The van der Waals surface area contributed by atoms with Gasteiger partial charge in [-0.3, -0.25) is 0 Å². The molecule has 0 aromatic heterocycles. The van der Waals surface area contributed by atoms with E-state index in [0.717, 1.165) is 24.2 Å². The first-order valence-corrected chi connectivity index (χ1v) is 8.57. The monoisotopic (exact) mass is 356 g/mol. The maximum Gasteiger partial charge on any atom is 0.337 e. The highest BCUT2D eigenvalue weighted by molar-refractivity contribution is 5.90. The van der Waals surface area contributed by atoms with Crippen molar-refractivity contribution in [3.63, 3.8) is 0 Å². The van der Waals surface area contributed by atoms with E-state index in [-0.39, 0.29) is 12.0 Å². The molecule has 0 aliphatic carbocycles. The molecule has 2 N–H and O–H groups in total. The molecule has 0 saturated heterocycles. The van der Waals surface area contributed by atoms with E-state index in [1.165, 1.54) is 7.11 Å². The highest BCUT2D eigenvalue weighted by atomic mass is 16.5. The van der Waals surface area contributed by atoms with Crippen LogP contribution in [-0.2, 0) is 11.3 Å². The van der Waals surface area contributed by atoms with Gasteiger partial charge in [-0.25, -0.2) is 9.59 Å². The third-order valence-electron chi connectivity index (χ3n) is 3.71. The van der Waals surface area contributed by atoms with Crippen LogP contribution in [0.1, 0.15) is 35.7 Å². The second kappa shape index (κ2) is 10.1. The molecule has 0 atom stereocenters. The molecule has 26 heavy (non-hydrogen) atoms. The number of anilines is 1. The van der Waals surface area contributed by atoms with Crippen molar-refractivity contribution in [2.45, 2.75) is 26.3 Å². The van der Waals surface area contributed by atoms with Gasteiger partial charge in [0.1, 0.15) is 5.75 Å². The lowest BCUT2D eigenvalue weighted by molar-refractivity contribution is 0.0600. The van der Waals surface area contributed by atoms with Gasteiger partial charge in [0.15, 0.2) is 0 Å². The zero-order chi connectivity index (χ0) is 18.8. The minimum atomic E-state index is -0.385. The first-order chi connectivity index (χ1) is 12.6. The van der Waals surface area contributed by atoms with Crippen LogP contribution in [0.3, 0.4) is 0 Å². The van der Waals surface area contributed by atoms with Gasteiger partial charge in [0, 0.05) is 12.2 Å². The van der Waals surface area contributed by atoms with Gasteiger partial charge < -0.3 is 20.1 Å². The largest absolute Gasteiger partial charge is 0.494 e. The van der Waals surface area contributed by atoms with E-state index < -0.39 is 0 Å². The molecule has 0 spiro atoms. The summed E-state index contributed by atoms with van der Waals surface area (Å²) in [4.78, 5) is 23.4. The molecular weight excluding hydrogens is 332 g/mol. The number of hydrogen-bond acceptors (Lipinski definition) is 4. The fourth-order valence-electron chi connectivity index (χ4n) is 2.20. The fourth-order valence-corrected chi connectivity index (χ4v) is 2.20. The lowest BCUT2D eigenvalue weighted by Crippen LogP contribution is -2.28. The average molecular weight is 356 g/mol. The summed E-state index contributed by atoms with van der Waals surface area (Å²) in [5.41, 5.74) is 2.04. The number of urea groups is 1. The number of carbonyl (C=O) groups is 2. The van der Waals surface area contributed by atoms with Crippen LogP contribution in [0.25, 0.3) is 0 Å². The number of esters is 1. The minimum Gasteiger partial charge on any atom is -0.494 e. The number of unbranched alkanes of at least 4 members (excludes halogenated alkanes) is 1. The van der Waals surface area contributed by atoms with Crippen molar-refractivity contribution in [2.75, 3.05) is 19.0 Å². The Balaban J connectivity index is 1.78. The molecule has 6 heteroatoms. The summed E-state index contributed by atoms with van der Waals surface area (Å²) < 4.78 is 10.2. The van der Waals surface area contributed by atoms with Gasteiger partial charge in [-0.1, -0.05) is 25.5 Å². The lowest BCUT2D eigenvalue weighted by Gasteiger charge is -2.09. The fraction of sp³-hybridized carbons (Fsp3) is 0.300. The minimum absolute atomic E-state index is 0.304. The Morgan fingerprint density at radius 3 is 2.31 bits per heavy atom. The van der Waals surface area contributed by atoms with Crippen molar-refractivity contribution in [1.82, 2.24) is 5.32 Å². The van der Waals surface area contributed by atoms with Crippen LogP contribution in [0.4, 0.5) is 10.5 Å². The predicted molar refractivity (Wildman–Crippen MR) is 100 cm³/mol. The molecule has 0 bridgehead atoms. The molecule has 2 aromatic carbocycles. The molecule has 0 aliphatic heterocycles. The Labute approximate surface area is 153 Å². The molecular formula is C20H24N2O4. The van der Waals surface area contributed by atoms with E-state index in [4.69, 9.17) is 4.74 Å². The van der Waals surface area contributed by atoms with Crippen molar-refractivity contribution >= 4 is 17.7 Å². The number of ether oxygens (including phenoxy) is 2. The molecule has 0 unspecified atom stereocenters. The van der Waals surface area contributed by atoms with E-state index in [1.54, 1.807) is 36.4 Å². The standard InChI is InChI=1S/C20H24N2O4/c1-3-4-13-26-18-11-9-17(10-12-18)22-20(24)21-14-15-5-7-16(8-6-15)19(23)25-2/h5-12H,3-4,13-14H2,1-2H3,(H2,21,22,24). The molecule has 0 aliphatic rings. The molecule has 0 fully saturated rings. The van der Waals surface area contributed by atoms with E-state index in [9.17, 15) is 9.59 Å². The first kappa shape index (κ1) is 19.3. The van der Waals surface area contributed by atoms with Gasteiger partial charge in [-0.15, -0.1) is 0 Å². The topological polar surface area (TPSA) is 76.7 Å². The smallest absolute Gasteiger partial charge is 0.337 e. The number of benzene rings is 2. The number of rotatable bonds is 8. The molecule has 0 heterocycles. The maximum atomic E-state index is 12.0. The van der Waals surface area contributed by atoms with Gasteiger partial charge in [0.2, 0.25) is 0 Å². The van der Waals surface area contributed by atoms with Gasteiger partial charge in [-0.05, 0) is 48.4 Å². The molecule has 0 saturated carbocycles. The van der Waals surface area contributed by atoms with Gasteiger partial charge in [0.05, 0.1) is 19.3 Å². The van der Waals surface area contributed by atoms with Crippen molar-refractivity contribution in [1.29, 1.82) is 0 Å². The summed E-state index contributed by atoms with van der Waals surface area (Å²) >= 11 is 0. The summed E-state index contributed by atoms with van der Waals surface area (Å²) in [6.45, 7) is 3.16. The van der Waals surface area contributed by atoms with Gasteiger partial charge in [0.25, 0.3) is 0 Å². The van der Waals surface area contributed by atoms with E-state index in [2.05, 4.69) is 22.3 Å². The van der Waals surface area contributed by atoms with Crippen LogP contribution < -0.4 is 15.4 Å². The molecule has 2 aromatic rings. The second-order valence-corrected chi connectivity index (χ2v) is 5.72. The van der Waals surface area contributed by atoms with Crippen LogP contribution in [0.2, 0.25) is 0 Å². The molecule has 6 nitrogen and oxygen atoms in total. The first-order valence-electron chi connectivity index (χ1n) is 8.57. The van der Waals surface area contributed by atoms with Crippen LogP contribution in [-0.4, -0.2) is 25.7 Å². The molecule has 0 radical (unpaired) electrons. The van der Waals surface area contributed by atoms with Crippen LogP contribution in [0.5, 0.6) is 5.75 Å². The van der Waals surface area contributed by atoms with Crippen LogP contribution >= 0.6 is 0 Å². The lowest BCUT2D eigenvalue weighted by atomic mass is 10.1. The summed E-state index contributed by atoms with van der Waals surface area (Å²) in [5.74, 6) is 0.402. The Morgan fingerprint density at radius 2 is 1.69 bits per heavy atom. The Kier molecular flexibility index (Phi) is 7.49. The van der Waals surface area contributed by atoms with Crippen LogP contribution in [0.15, 0.2) is 48.5 Å². The van der Waals surface area contributed by atoms with E-state index >= 15 is 0 Å². The zero-order valence-corrected chi connectivity index (χ0v) is 15.1. The molecule has 138 valence electrons. The van der Waals surface area contributed by atoms with Crippen molar-refractivity contribution < 1.29 is 19.1 Å². The number of hydrogen-bond donors (Lipinski definition) is 2. The third kappa shape index (κ3) is 6.12. The summed E-state index contributed by atoms with van der Waals surface area (Å²) in [5, 5.41) is 5.53. The van der Waals surface area contributed by atoms with Crippen molar-refractivity contribution in [3.05, 3.63) is 59.7 Å². The number of amides is 2. The normalized spacial score (nSPS) is 10.1. The molecule has 2 rings (SSSR count). The van der Waals surface area contributed by atoms with E-state index in [0.29, 0.717) is 24.4 Å². The Hall–Kier alpha value is -3.02. The second-order valence-electron chi connectivity index (χ2n) is 5.72. The number of carbonyl (C=O) groups excluding carboxylic acids is 2. The van der Waals surface area contributed by atoms with E-state index in [1.807, 2.05) is 12.1 Å². The zero-order valence-electron chi connectivity index (χ0n) is 15.1. The summed E-state index contributed by atoms with van der Waals surface area (Å²) in [6.07, 6.45) is 2.11. The number of nitrogens with one attached hydrogen (secondary N) is 2. The summed E-state index contributed by atoms with van der Waals surface area (Å²) in [7, 11) is 1.34. The highest BCUT2D eigenvalue weighted by Crippen LogP contribution is 2.16. The van der Waals surface area contributed by atoms with Crippen molar-refractivity contribution in [2.24, 2.45) is 0 Å². The predicted octanol–water partition coefficient (Wildman–Crippen LogP) is 3.97. The quantitative estimate of drug-likeness (QED) is 0.554. The summed E-state index contributed by atoms with van der Waals surface area (Å²) in [6, 6.07) is 13.8. The molecule has 2 amide bonds. The van der Waals surface area contributed by atoms with Gasteiger partial charge >= 0.3 is 12.0 Å². The Bertz CT molecular complexity index is 712. The maximum absolute atomic E-state index is 12.0. The highest BCUT2D eigenvalue weighted by Gasteiger charge is 2.06. The number of methoxy groups -OCH3 is 1. The van der Waals surface area contributed by atoms with Crippen LogP contribution in [0, 0.1) is 0 Å².